The molecule has 5 heteroatoms. The Morgan fingerprint density at radius 1 is 1.03 bits per heavy atom. The molecule has 0 unspecified atom stereocenters. The summed E-state index contributed by atoms with van der Waals surface area (Å²) in [6.45, 7) is 4.64. The van der Waals surface area contributed by atoms with E-state index in [4.69, 9.17) is 4.98 Å². The third-order valence-electron chi connectivity index (χ3n) is 5.75. The van der Waals surface area contributed by atoms with Crippen molar-refractivity contribution in [2.45, 2.75) is 45.7 Å². The van der Waals surface area contributed by atoms with Gasteiger partial charge in [0, 0.05) is 25.5 Å². The highest BCUT2D eigenvalue weighted by Gasteiger charge is 2.28. The molecule has 0 bridgehead atoms. The van der Waals surface area contributed by atoms with Crippen molar-refractivity contribution in [1.82, 2.24) is 14.5 Å². The Bertz CT molecular complexity index is 1050. The summed E-state index contributed by atoms with van der Waals surface area (Å²) in [4.78, 5) is 32.4. The number of nitrogens with zero attached hydrogens (tertiary/aromatic N) is 3. The minimum absolute atomic E-state index is 0.0179. The average Bonchev–Trinajstić information content (AvgIpc) is 2.77. The van der Waals surface area contributed by atoms with Gasteiger partial charge in [-0.05, 0) is 24.0 Å². The van der Waals surface area contributed by atoms with Gasteiger partial charge >= 0.3 is 0 Å². The number of carbonyl (C=O) groups excluding carboxylic acids is 1. The third kappa shape index (κ3) is 3.80. The quantitative estimate of drug-likeness (QED) is 0.654. The smallest absolute Gasteiger partial charge is 0.257 e. The maximum absolute atomic E-state index is 13.8. The molecule has 0 saturated heterocycles. The van der Waals surface area contributed by atoms with E-state index in [1.165, 1.54) is 0 Å². The van der Waals surface area contributed by atoms with E-state index >= 15 is 0 Å². The number of amides is 1. The van der Waals surface area contributed by atoms with Crippen LogP contribution in [-0.2, 0) is 24.2 Å². The molecule has 3 aromatic rings. The third-order valence-corrected chi connectivity index (χ3v) is 5.75. The highest BCUT2D eigenvalue weighted by Crippen LogP contribution is 2.28. The van der Waals surface area contributed by atoms with Gasteiger partial charge in [-0.2, -0.15) is 0 Å². The van der Waals surface area contributed by atoms with Crippen molar-refractivity contribution in [2.24, 2.45) is 0 Å². The predicted octanol–water partition coefficient (Wildman–Crippen LogP) is 3.74. The molecule has 1 amide bonds. The fourth-order valence-electron chi connectivity index (χ4n) is 4.25. The molecule has 0 saturated carbocycles. The molecule has 0 spiro atoms. The summed E-state index contributed by atoms with van der Waals surface area (Å²) in [5.74, 6) is 0.805. The molecular weight excluding hydrogens is 374 g/mol. The van der Waals surface area contributed by atoms with E-state index in [1.807, 2.05) is 41.0 Å². The molecule has 1 aliphatic heterocycles. The van der Waals surface area contributed by atoms with Crippen LogP contribution in [0.3, 0.4) is 0 Å². The van der Waals surface area contributed by atoms with Crippen LogP contribution in [0.2, 0.25) is 0 Å². The van der Waals surface area contributed by atoms with Crippen LogP contribution in [0.1, 0.15) is 54.5 Å². The first kappa shape index (κ1) is 20.1. The van der Waals surface area contributed by atoms with Gasteiger partial charge in [-0.15, -0.1) is 0 Å². The second kappa shape index (κ2) is 8.66. The first-order valence-electron chi connectivity index (χ1n) is 10.6. The van der Waals surface area contributed by atoms with E-state index in [-0.39, 0.29) is 17.5 Å². The molecule has 0 radical (unpaired) electrons. The first-order valence-corrected chi connectivity index (χ1v) is 10.6. The molecule has 154 valence electrons. The van der Waals surface area contributed by atoms with Crippen LogP contribution in [0.5, 0.6) is 0 Å². The number of hydrogen-bond acceptors (Lipinski definition) is 3. The summed E-state index contributed by atoms with van der Waals surface area (Å²) < 4.78 is 1.89. The van der Waals surface area contributed by atoms with E-state index in [2.05, 4.69) is 31.2 Å². The fraction of sp³-hybridized carbons (Fsp3) is 0.320. The van der Waals surface area contributed by atoms with Crippen molar-refractivity contribution in [3.63, 3.8) is 0 Å². The van der Waals surface area contributed by atoms with Crippen LogP contribution in [0.15, 0.2) is 65.5 Å². The number of aryl methyl sites for hydroxylation is 1. The fourth-order valence-corrected chi connectivity index (χ4v) is 4.25. The van der Waals surface area contributed by atoms with Crippen molar-refractivity contribution in [3.8, 4) is 0 Å². The minimum atomic E-state index is -0.231. The van der Waals surface area contributed by atoms with Crippen LogP contribution in [0, 0.1) is 0 Å². The molecule has 30 heavy (non-hydrogen) atoms. The second-order valence-electron chi connectivity index (χ2n) is 7.79. The zero-order valence-corrected chi connectivity index (χ0v) is 17.5. The lowest BCUT2D eigenvalue weighted by atomic mass is 9.97. The maximum Gasteiger partial charge on any atom is 0.257 e. The number of rotatable bonds is 5. The Balaban J connectivity index is 1.93. The number of fused-ring (bicyclic) bond motifs is 1. The normalized spacial score (nSPS) is 13.4. The van der Waals surface area contributed by atoms with Crippen molar-refractivity contribution >= 4 is 5.91 Å². The lowest BCUT2D eigenvalue weighted by Crippen LogP contribution is -2.41. The number of hydrogen-bond donors (Lipinski definition) is 0. The van der Waals surface area contributed by atoms with Crippen LogP contribution in [0.25, 0.3) is 0 Å². The monoisotopic (exact) mass is 401 g/mol. The van der Waals surface area contributed by atoms with Crippen molar-refractivity contribution < 1.29 is 4.79 Å². The van der Waals surface area contributed by atoms with E-state index in [0.29, 0.717) is 25.9 Å². The molecule has 2 heterocycles. The lowest BCUT2D eigenvalue weighted by Gasteiger charge is -2.30. The van der Waals surface area contributed by atoms with Crippen molar-refractivity contribution in [2.75, 3.05) is 6.54 Å². The van der Waals surface area contributed by atoms with Crippen LogP contribution in [0.4, 0.5) is 0 Å². The molecule has 1 aliphatic rings. The summed E-state index contributed by atoms with van der Waals surface area (Å²) in [6, 6.07) is 20.0. The van der Waals surface area contributed by atoms with Gasteiger partial charge in [0.25, 0.3) is 5.56 Å². The van der Waals surface area contributed by atoms with Gasteiger partial charge in [0.2, 0.25) is 5.91 Å². The molecule has 0 N–H and O–H groups in total. The zero-order chi connectivity index (χ0) is 21.1. The molecular formula is C25H27N3O2. The molecule has 5 nitrogen and oxygen atoms in total. The SMILES string of the molecule is CCCc1nc2c(c(=O)n1C(c1ccccc1)c1ccccc1)CCN(C(C)=O)C2. The van der Waals surface area contributed by atoms with Crippen LogP contribution < -0.4 is 5.56 Å². The number of benzene rings is 2. The van der Waals surface area contributed by atoms with Crippen molar-refractivity contribution in [3.05, 3.63) is 99.2 Å². The van der Waals surface area contributed by atoms with Crippen molar-refractivity contribution in [1.29, 1.82) is 0 Å². The molecule has 0 fully saturated rings. The summed E-state index contributed by atoms with van der Waals surface area (Å²) in [5.41, 5.74) is 3.63. The summed E-state index contributed by atoms with van der Waals surface area (Å²) in [5, 5.41) is 0. The van der Waals surface area contributed by atoms with E-state index in [1.54, 1.807) is 11.8 Å². The number of carbonyl (C=O) groups is 1. The van der Waals surface area contributed by atoms with E-state index < -0.39 is 0 Å². The van der Waals surface area contributed by atoms with Gasteiger partial charge in [-0.1, -0.05) is 67.6 Å². The Morgan fingerprint density at radius 3 is 2.17 bits per heavy atom. The highest BCUT2D eigenvalue weighted by molar-refractivity contribution is 5.73. The van der Waals surface area contributed by atoms with Gasteiger partial charge in [-0.3, -0.25) is 14.2 Å². The Morgan fingerprint density at radius 2 is 1.63 bits per heavy atom. The Kier molecular flexibility index (Phi) is 5.79. The van der Waals surface area contributed by atoms with Gasteiger partial charge in [0.15, 0.2) is 0 Å². The number of aromatic nitrogens is 2. The summed E-state index contributed by atoms with van der Waals surface area (Å²) in [6.07, 6.45) is 2.14. The topological polar surface area (TPSA) is 55.2 Å². The highest BCUT2D eigenvalue weighted by atomic mass is 16.2. The minimum Gasteiger partial charge on any atom is -0.337 e. The van der Waals surface area contributed by atoms with Gasteiger partial charge in [-0.25, -0.2) is 4.98 Å². The Hall–Kier alpha value is -3.21. The summed E-state index contributed by atoms with van der Waals surface area (Å²) in [7, 11) is 0. The average molecular weight is 402 g/mol. The van der Waals surface area contributed by atoms with E-state index in [9.17, 15) is 9.59 Å². The zero-order valence-electron chi connectivity index (χ0n) is 17.5. The van der Waals surface area contributed by atoms with Crippen LogP contribution in [-0.4, -0.2) is 26.9 Å². The molecule has 4 rings (SSSR count). The summed E-state index contributed by atoms with van der Waals surface area (Å²) >= 11 is 0. The first-order chi connectivity index (χ1) is 14.6. The predicted molar refractivity (Wildman–Crippen MR) is 117 cm³/mol. The molecule has 1 aromatic heterocycles. The Labute approximate surface area is 177 Å². The van der Waals surface area contributed by atoms with Gasteiger partial charge in [0.05, 0.1) is 18.3 Å². The molecule has 0 aliphatic carbocycles. The largest absolute Gasteiger partial charge is 0.337 e. The van der Waals surface area contributed by atoms with E-state index in [0.717, 1.165) is 34.6 Å². The van der Waals surface area contributed by atoms with Gasteiger partial charge in [0.1, 0.15) is 5.82 Å². The standard InChI is InChI=1S/C25H27N3O2/c1-3-10-23-26-22-17-27(18(2)29)16-15-21(22)25(30)28(23)24(19-11-6-4-7-12-19)20-13-8-5-9-14-20/h4-9,11-14,24H,3,10,15-17H2,1-2H3. The lowest BCUT2D eigenvalue weighted by molar-refractivity contribution is -0.129. The molecule has 0 atom stereocenters. The van der Waals surface area contributed by atoms with Crippen LogP contribution >= 0.6 is 0 Å². The molecule has 2 aromatic carbocycles. The second-order valence-corrected chi connectivity index (χ2v) is 7.79. The van der Waals surface area contributed by atoms with Gasteiger partial charge < -0.3 is 4.90 Å². The maximum atomic E-state index is 13.8.